The molecule has 0 aliphatic rings. The number of phenolic OH excluding ortho intramolecular Hbond substituents is 1. The Morgan fingerprint density at radius 3 is 2.62 bits per heavy atom. The molecule has 2 rings (SSSR count). The summed E-state index contributed by atoms with van der Waals surface area (Å²) in [6.45, 7) is -0.716. The Labute approximate surface area is 135 Å². The SMILES string of the molecule is COc1cccc(C(=O)OCC(=O)Nc2ccc(F)cc2F)c1O. The maximum Gasteiger partial charge on any atom is 0.342 e. The van der Waals surface area contributed by atoms with E-state index in [1.165, 1.54) is 25.3 Å². The largest absolute Gasteiger partial charge is 0.504 e. The molecule has 0 aromatic heterocycles. The molecule has 2 aromatic rings. The maximum absolute atomic E-state index is 13.4. The van der Waals surface area contributed by atoms with Gasteiger partial charge in [0.1, 0.15) is 17.2 Å². The lowest BCUT2D eigenvalue weighted by molar-refractivity contribution is -0.119. The van der Waals surface area contributed by atoms with E-state index in [2.05, 4.69) is 5.32 Å². The minimum atomic E-state index is -0.958. The van der Waals surface area contributed by atoms with Gasteiger partial charge in [-0.15, -0.1) is 0 Å². The minimum Gasteiger partial charge on any atom is -0.504 e. The lowest BCUT2D eigenvalue weighted by Gasteiger charge is -2.09. The molecule has 0 spiro atoms. The van der Waals surface area contributed by atoms with Gasteiger partial charge < -0.3 is 19.9 Å². The molecule has 8 heteroatoms. The van der Waals surface area contributed by atoms with E-state index >= 15 is 0 Å². The molecule has 0 saturated heterocycles. The molecule has 2 N–H and O–H groups in total. The fourth-order valence-corrected chi connectivity index (χ4v) is 1.84. The van der Waals surface area contributed by atoms with Crippen molar-refractivity contribution >= 4 is 17.6 Å². The molecule has 0 bridgehead atoms. The Morgan fingerprint density at radius 2 is 1.96 bits per heavy atom. The highest BCUT2D eigenvalue weighted by Gasteiger charge is 2.17. The van der Waals surface area contributed by atoms with Gasteiger partial charge in [-0.05, 0) is 24.3 Å². The molecule has 2 aromatic carbocycles. The average Bonchev–Trinajstić information content (AvgIpc) is 2.55. The quantitative estimate of drug-likeness (QED) is 0.819. The first-order chi connectivity index (χ1) is 11.4. The van der Waals surface area contributed by atoms with Gasteiger partial charge in [0.25, 0.3) is 5.91 Å². The number of phenols is 1. The third-order valence-corrected chi connectivity index (χ3v) is 2.98. The van der Waals surface area contributed by atoms with Gasteiger partial charge in [-0.1, -0.05) is 6.07 Å². The first kappa shape index (κ1) is 17.2. The van der Waals surface area contributed by atoms with Gasteiger partial charge in [-0.2, -0.15) is 0 Å². The zero-order chi connectivity index (χ0) is 17.7. The number of methoxy groups -OCH3 is 1. The van der Waals surface area contributed by atoms with Gasteiger partial charge in [-0.25, -0.2) is 13.6 Å². The van der Waals surface area contributed by atoms with Gasteiger partial charge in [0, 0.05) is 6.07 Å². The molecule has 0 aliphatic heterocycles. The molecule has 126 valence electrons. The summed E-state index contributed by atoms with van der Waals surface area (Å²) in [6.07, 6.45) is 0. The summed E-state index contributed by atoms with van der Waals surface area (Å²) < 4.78 is 35.8. The highest BCUT2D eigenvalue weighted by atomic mass is 19.1. The second-order valence-corrected chi connectivity index (χ2v) is 4.60. The molecular formula is C16H13F2NO5. The molecule has 0 fully saturated rings. The number of amides is 1. The van der Waals surface area contributed by atoms with Crippen molar-refractivity contribution < 1.29 is 33.0 Å². The van der Waals surface area contributed by atoms with E-state index in [-0.39, 0.29) is 17.0 Å². The Balaban J connectivity index is 1.97. The van der Waals surface area contributed by atoms with Gasteiger partial charge in [-0.3, -0.25) is 4.79 Å². The summed E-state index contributed by atoms with van der Waals surface area (Å²) in [5, 5.41) is 11.9. The van der Waals surface area contributed by atoms with Crippen LogP contribution in [0, 0.1) is 11.6 Å². The second-order valence-electron chi connectivity index (χ2n) is 4.60. The fraction of sp³-hybridized carbons (Fsp3) is 0.125. The molecule has 1 amide bonds. The third kappa shape index (κ3) is 3.97. The first-order valence-corrected chi connectivity index (χ1v) is 6.70. The second kappa shape index (κ2) is 7.40. The molecule has 0 saturated carbocycles. The topological polar surface area (TPSA) is 84.9 Å². The molecule has 0 unspecified atom stereocenters. The van der Waals surface area contributed by atoms with Crippen molar-refractivity contribution in [1.82, 2.24) is 0 Å². The lowest BCUT2D eigenvalue weighted by atomic mass is 10.2. The predicted octanol–water partition coefficient (Wildman–Crippen LogP) is 2.47. The number of nitrogens with one attached hydrogen (secondary N) is 1. The van der Waals surface area contributed by atoms with Gasteiger partial charge in [0.05, 0.1) is 12.8 Å². The van der Waals surface area contributed by atoms with Gasteiger partial charge in [0.2, 0.25) is 0 Å². The van der Waals surface area contributed by atoms with Crippen molar-refractivity contribution in [3.8, 4) is 11.5 Å². The smallest absolute Gasteiger partial charge is 0.342 e. The average molecular weight is 337 g/mol. The summed E-state index contributed by atoms with van der Waals surface area (Å²) in [4.78, 5) is 23.5. The van der Waals surface area contributed by atoms with Crippen LogP contribution >= 0.6 is 0 Å². The van der Waals surface area contributed by atoms with E-state index in [1.807, 2.05) is 0 Å². The number of benzene rings is 2. The number of ether oxygens (including phenoxy) is 2. The zero-order valence-electron chi connectivity index (χ0n) is 12.5. The van der Waals surface area contributed by atoms with Crippen molar-refractivity contribution in [2.45, 2.75) is 0 Å². The van der Waals surface area contributed by atoms with Crippen LogP contribution < -0.4 is 10.1 Å². The number of hydrogen-bond acceptors (Lipinski definition) is 5. The summed E-state index contributed by atoms with van der Waals surface area (Å²) in [5.41, 5.74) is -0.434. The number of hydrogen-bond donors (Lipinski definition) is 2. The van der Waals surface area contributed by atoms with Crippen LogP contribution in [0.2, 0.25) is 0 Å². The molecule has 6 nitrogen and oxygen atoms in total. The van der Waals surface area contributed by atoms with Crippen molar-refractivity contribution in [3.05, 3.63) is 53.6 Å². The number of para-hydroxylation sites is 1. The van der Waals surface area contributed by atoms with Crippen molar-refractivity contribution in [3.63, 3.8) is 0 Å². The minimum absolute atomic E-state index is 0.0716. The van der Waals surface area contributed by atoms with E-state index in [0.29, 0.717) is 6.07 Å². The highest BCUT2D eigenvalue weighted by Crippen LogP contribution is 2.29. The summed E-state index contributed by atoms with van der Waals surface area (Å²) in [5.74, 6) is -3.87. The normalized spacial score (nSPS) is 10.1. The summed E-state index contributed by atoms with van der Waals surface area (Å²) in [7, 11) is 1.31. The third-order valence-electron chi connectivity index (χ3n) is 2.98. The molecule has 0 heterocycles. The van der Waals surface area contributed by atoms with Crippen molar-refractivity contribution in [2.75, 3.05) is 19.0 Å². The fourth-order valence-electron chi connectivity index (χ4n) is 1.84. The number of rotatable bonds is 5. The number of aromatic hydroxyl groups is 1. The summed E-state index contributed by atoms with van der Waals surface area (Å²) in [6, 6.07) is 6.81. The molecule has 0 aliphatic carbocycles. The first-order valence-electron chi connectivity index (χ1n) is 6.70. The van der Waals surface area contributed by atoms with Crippen LogP contribution in [-0.4, -0.2) is 30.7 Å². The van der Waals surface area contributed by atoms with E-state index in [1.54, 1.807) is 0 Å². The molecule has 24 heavy (non-hydrogen) atoms. The highest BCUT2D eigenvalue weighted by molar-refractivity contribution is 5.97. The number of carbonyl (C=O) groups excluding carboxylic acids is 2. The summed E-state index contributed by atoms with van der Waals surface area (Å²) >= 11 is 0. The number of esters is 1. The standard InChI is InChI=1S/C16H13F2NO5/c1-23-13-4-2-3-10(15(13)21)16(22)24-8-14(20)19-12-6-5-9(17)7-11(12)18/h2-7,21H,8H2,1H3,(H,19,20). The lowest BCUT2D eigenvalue weighted by Crippen LogP contribution is -2.21. The Bertz CT molecular complexity index is 779. The van der Waals surface area contributed by atoms with E-state index in [0.717, 1.165) is 12.1 Å². The van der Waals surface area contributed by atoms with Crippen molar-refractivity contribution in [2.24, 2.45) is 0 Å². The van der Waals surface area contributed by atoms with Crippen LogP contribution in [0.25, 0.3) is 0 Å². The van der Waals surface area contributed by atoms with Crippen molar-refractivity contribution in [1.29, 1.82) is 0 Å². The van der Waals surface area contributed by atoms with Crippen LogP contribution in [0.5, 0.6) is 11.5 Å². The van der Waals surface area contributed by atoms with E-state index in [4.69, 9.17) is 9.47 Å². The van der Waals surface area contributed by atoms with Gasteiger partial charge in [0.15, 0.2) is 18.1 Å². The monoisotopic (exact) mass is 337 g/mol. The van der Waals surface area contributed by atoms with Crippen LogP contribution in [0.1, 0.15) is 10.4 Å². The Kier molecular flexibility index (Phi) is 5.31. The van der Waals surface area contributed by atoms with Crippen LogP contribution in [-0.2, 0) is 9.53 Å². The van der Waals surface area contributed by atoms with E-state index in [9.17, 15) is 23.5 Å². The zero-order valence-corrected chi connectivity index (χ0v) is 12.5. The van der Waals surface area contributed by atoms with Crippen LogP contribution in [0.3, 0.4) is 0 Å². The number of anilines is 1. The number of halogens is 2. The molecule has 0 radical (unpaired) electrons. The van der Waals surface area contributed by atoms with Crippen LogP contribution in [0.4, 0.5) is 14.5 Å². The number of carbonyl (C=O) groups is 2. The molecule has 0 atom stereocenters. The van der Waals surface area contributed by atoms with Gasteiger partial charge >= 0.3 is 5.97 Å². The Morgan fingerprint density at radius 1 is 1.21 bits per heavy atom. The predicted molar refractivity (Wildman–Crippen MR) is 79.9 cm³/mol. The van der Waals surface area contributed by atoms with Crippen LogP contribution in [0.15, 0.2) is 36.4 Å². The maximum atomic E-state index is 13.4. The van der Waals surface area contributed by atoms with E-state index < -0.39 is 35.9 Å². The molecular weight excluding hydrogens is 324 g/mol. The Hall–Kier alpha value is -3.16.